The van der Waals surface area contributed by atoms with Crippen LogP contribution in [0.1, 0.15) is 16.8 Å². The molecule has 1 aromatic carbocycles. The number of hydrogen-bond acceptors (Lipinski definition) is 6. The molecule has 1 unspecified atom stereocenters. The van der Waals surface area contributed by atoms with Gasteiger partial charge in [0.05, 0.1) is 40.4 Å². The molecule has 2 heterocycles. The lowest BCUT2D eigenvalue weighted by molar-refractivity contribution is 0.0299. The Morgan fingerprint density at radius 1 is 1.24 bits per heavy atom. The first-order chi connectivity index (χ1) is 11.7. The molecule has 10 heteroatoms. The zero-order chi connectivity index (χ0) is 18.2. The highest BCUT2D eigenvalue weighted by Gasteiger charge is 2.38. The van der Waals surface area contributed by atoms with Gasteiger partial charge in [-0.1, -0.05) is 0 Å². The normalized spacial score (nSPS) is 23.6. The summed E-state index contributed by atoms with van der Waals surface area (Å²) in [4.78, 5) is 13.6. The Hall–Kier alpha value is -1.52. The van der Waals surface area contributed by atoms with E-state index in [0.29, 0.717) is 26.3 Å². The molecule has 2 saturated heterocycles. The highest BCUT2D eigenvalue weighted by molar-refractivity contribution is 7.96. The van der Waals surface area contributed by atoms with Crippen molar-refractivity contribution in [3.63, 3.8) is 0 Å². The van der Waals surface area contributed by atoms with E-state index in [-0.39, 0.29) is 22.6 Å². The number of amides is 1. The van der Waals surface area contributed by atoms with Crippen LogP contribution in [-0.4, -0.2) is 70.7 Å². The molecular formula is C15H18FNO6S2. The number of halogens is 1. The monoisotopic (exact) mass is 391 g/mol. The number of benzene rings is 1. The van der Waals surface area contributed by atoms with Crippen molar-refractivity contribution in [1.82, 2.24) is 4.90 Å². The second-order valence-corrected chi connectivity index (χ2v) is 10.6. The molecule has 138 valence electrons. The number of hydrogen-bond donors (Lipinski definition) is 0. The minimum absolute atomic E-state index is 0.00872. The van der Waals surface area contributed by atoms with Crippen LogP contribution >= 0.6 is 0 Å². The number of sulfone groups is 2. The molecule has 2 aliphatic heterocycles. The quantitative estimate of drug-likeness (QED) is 0.686. The third kappa shape index (κ3) is 3.70. The van der Waals surface area contributed by atoms with Crippen LogP contribution in [-0.2, 0) is 24.4 Å². The van der Waals surface area contributed by atoms with Gasteiger partial charge in [-0.05, 0) is 24.6 Å². The van der Waals surface area contributed by atoms with Crippen LogP contribution in [0, 0.1) is 5.82 Å². The lowest BCUT2D eigenvalue weighted by Crippen LogP contribution is -2.41. The summed E-state index contributed by atoms with van der Waals surface area (Å²) in [5, 5.41) is -1.06. The topological polar surface area (TPSA) is 97.8 Å². The molecule has 1 atom stereocenters. The molecule has 0 radical (unpaired) electrons. The number of carbonyl (C=O) groups is 1. The molecule has 0 N–H and O–H groups in total. The largest absolute Gasteiger partial charge is 0.378 e. The van der Waals surface area contributed by atoms with Gasteiger partial charge in [-0.2, -0.15) is 0 Å². The van der Waals surface area contributed by atoms with Gasteiger partial charge in [0, 0.05) is 13.1 Å². The third-order valence-corrected chi connectivity index (χ3v) is 8.59. The fourth-order valence-corrected chi connectivity index (χ4v) is 7.36. The second-order valence-electron chi connectivity index (χ2n) is 6.12. The van der Waals surface area contributed by atoms with Crippen molar-refractivity contribution < 1.29 is 30.8 Å². The van der Waals surface area contributed by atoms with Crippen LogP contribution in [0.3, 0.4) is 0 Å². The lowest BCUT2D eigenvalue weighted by atomic mass is 10.2. The van der Waals surface area contributed by atoms with Crippen molar-refractivity contribution in [2.75, 3.05) is 37.8 Å². The average Bonchev–Trinajstić information content (AvgIpc) is 2.96. The van der Waals surface area contributed by atoms with Gasteiger partial charge < -0.3 is 9.64 Å². The van der Waals surface area contributed by atoms with Crippen molar-refractivity contribution in [2.24, 2.45) is 0 Å². The van der Waals surface area contributed by atoms with E-state index in [0.717, 1.165) is 18.2 Å². The molecule has 0 spiro atoms. The molecule has 2 fully saturated rings. The van der Waals surface area contributed by atoms with Gasteiger partial charge in [-0.25, -0.2) is 21.2 Å². The van der Waals surface area contributed by atoms with Crippen LogP contribution in [0.2, 0.25) is 0 Å². The maximum absolute atomic E-state index is 14.1. The van der Waals surface area contributed by atoms with Crippen molar-refractivity contribution in [3.05, 3.63) is 29.6 Å². The Labute approximate surface area is 145 Å². The fraction of sp³-hybridized carbons (Fsp3) is 0.533. The summed E-state index contributed by atoms with van der Waals surface area (Å²) in [5.41, 5.74) is -0.330. The Kier molecular flexibility index (Phi) is 4.86. The van der Waals surface area contributed by atoms with Gasteiger partial charge in [0.25, 0.3) is 5.91 Å². The van der Waals surface area contributed by atoms with E-state index in [1.54, 1.807) is 0 Å². The van der Waals surface area contributed by atoms with Crippen LogP contribution in [0.4, 0.5) is 4.39 Å². The van der Waals surface area contributed by atoms with Gasteiger partial charge in [-0.3, -0.25) is 4.79 Å². The summed E-state index contributed by atoms with van der Waals surface area (Å²) in [6.45, 7) is 1.28. The molecule has 0 aliphatic carbocycles. The number of ether oxygens (including phenoxy) is 1. The van der Waals surface area contributed by atoms with Crippen molar-refractivity contribution >= 4 is 25.6 Å². The van der Waals surface area contributed by atoms with E-state index in [1.165, 1.54) is 4.90 Å². The van der Waals surface area contributed by atoms with Crippen molar-refractivity contribution in [1.29, 1.82) is 0 Å². The Morgan fingerprint density at radius 3 is 2.52 bits per heavy atom. The van der Waals surface area contributed by atoms with Crippen LogP contribution in [0.15, 0.2) is 23.1 Å². The first kappa shape index (κ1) is 18.3. The third-order valence-electron chi connectivity index (χ3n) is 4.42. The summed E-state index contributed by atoms with van der Waals surface area (Å²) >= 11 is 0. The highest BCUT2D eigenvalue weighted by Crippen LogP contribution is 2.27. The number of carbonyl (C=O) groups excluding carboxylic acids is 1. The highest BCUT2D eigenvalue weighted by atomic mass is 32.2. The standard InChI is InChI=1S/C15H18FNO6S2/c16-14-2-1-11(25(21,22)12-3-8-24(19,20)10-12)9-13(14)15(18)17-4-6-23-7-5-17/h1-2,9,12H,3-8,10H2. The molecule has 0 saturated carbocycles. The minimum Gasteiger partial charge on any atom is -0.378 e. The Balaban J connectivity index is 1.92. The van der Waals surface area contributed by atoms with Gasteiger partial charge in [0.1, 0.15) is 5.82 Å². The van der Waals surface area contributed by atoms with Crippen molar-refractivity contribution in [2.45, 2.75) is 16.6 Å². The number of rotatable bonds is 3. The van der Waals surface area contributed by atoms with Gasteiger partial charge in [-0.15, -0.1) is 0 Å². The Morgan fingerprint density at radius 2 is 1.92 bits per heavy atom. The predicted molar refractivity (Wildman–Crippen MR) is 87.4 cm³/mol. The maximum Gasteiger partial charge on any atom is 0.257 e. The van der Waals surface area contributed by atoms with Crippen LogP contribution in [0.25, 0.3) is 0 Å². The van der Waals surface area contributed by atoms with Gasteiger partial charge in [0.15, 0.2) is 19.7 Å². The van der Waals surface area contributed by atoms with E-state index in [2.05, 4.69) is 0 Å². The summed E-state index contributed by atoms with van der Waals surface area (Å²) in [5.74, 6) is -2.04. The molecule has 3 rings (SSSR count). The van der Waals surface area contributed by atoms with E-state index in [9.17, 15) is 26.0 Å². The SMILES string of the molecule is O=C(c1cc(S(=O)(=O)C2CCS(=O)(=O)C2)ccc1F)N1CCOCC1. The molecule has 7 nitrogen and oxygen atoms in total. The summed E-state index contributed by atoms with van der Waals surface area (Å²) < 4.78 is 67.7. The molecule has 2 aliphatic rings. The predicted octanol–water partition coefficient (Wildman–Crippen LogP) is 0.259. The number of morpholine rings is 1. The number of nitrogens with zero attached hydrogens (tertiary/aromatic N) is 1. The molecular weight excluding hydrogens is 373 g/mol. The Bertz CT molecular complexity index is 891. The minimum atomic E-state index is -3.95. The second kappa shape index (κ2) is 6.65. The van der Waals surface area contributed by atoms with Gasteiger partial charge >= 0.3 is 0 Å². The van der Waals surface area contributed by atoms with E-state index in [1.807, 2.05) is 0 Å². The average molecular weight is 391 g/mol. The first-order valence-electron chi connectivity index (χ1n) is 7.81. The molecule has 1 aromatic rings. The van der Waals surface area contributed by atoms with E-state index in [4.69, 9.17) is 4.74 Å². The van der Waals surface area contributed by atoms with Gasteiger partial charge in [0.2, 0.25) is 0 Å². The summed E-state index contributed by atoms with van der Waals surface area (Å²) in [6, 6.07) is 3.02. The van der Waals surface area contributed by atoms with E-state index >= 15 is 0 Å². The molecule has 0 bridgehead atoms. The van der Waals surface area contributed by atoms with Crippen molar-refractivity contribution in [3.8, 4) is 0 Å². The smallest absolute Gasteiger partial charge is 0.257 e. The zero-order valence-corrected chi connectivity index (χ0v) is 15.0. The molecule has 1 amide bonds. The van der Waals surface area contributed by atoms with E-state index < -0.39 is 42.4 Å². The fourth-order valence-electron chi connectivity index (χ4n) is 2.98. The summed E-state index contributed by atoms with van der Waals surface area (Å²) in [7, 11) is -7.34. The van der Waals surface area contributed by atoms with Crippen LogP contribution < -0.4 is 0 Å². The summed E-state index contributed by atoms with van der Waals surface area (Å²) in [6.07, 6.45) is 0.00872. The molecule has 25 heavy (non-hydrogen) atoms. The lowest BCUT2D eigenvalue weighted by Gasteiger charge is -2.27. The zero-order valence-electron chi connectivity index (χ0n) is 13.4. The molecule has 0 aromatic heterocycles. The maximum atomic E-state index is 14.1. The first-order valence-corrected chi connectivity index (χ1v) is 11.2. The van der Waals surface area contributed by atoms with Crippen LogP contribution in [0.5, 0.6) is 0 Å².